The lowest BCUT2D eigenvalue weighted by Gasteiger charge is -2.08. The van der Waals surface area contributed by atoms with E-state index in [1.165, 1.54) is 11.3 Å². The molecule has 0 aliphatic carbocycles. The number of thiazole rings is 1. The molecule has 0 saturated carbocycles. The zero-order valence-electron chi connectivity index (χ0n) is 15.9. The van der Waals surface area contributed by atoms with Crippen molar-refractivity contribution in [3.63, 3.8) is 0 Å². The fraction of sp³-hybridized carbons (Fsp3) is 0.238. The highest BCUT2D eigenvalue weighted by molar-refractivity contribution is 7.16. The van der Waals surface area contributed by atoms with Gasteiger partial charge in [-0.25, -0.2) is 0 Å². The number of methoxy groups -OCH3 is 3. The van der Waals surface area contributed by atoms with Gasteiger partial charge in [0.05, 0.1) is 44.5 Å². The van der Waals surface area contributed by atoms with Crippen LogP contribution >= 0.6 is 11.3 Å². The van der Waals surface area contributed by atoms with Crippen molar-refractivity contribution in [3.8, 4) is 29.6 Å². The van der Waals surface area contributed by atoms with Crippen molar-refractivity contribution in [2.75, 3.05) is 21.3 Å². The van der Waals surface area contributed by atoms with Crippen LogP contribution in [0.3, 0.4) is 0 Å². The summed E-state index contributed by atoms with van der Waals surface area (Å²) in [5.74, 6) is 4.31. The smallest absolute Gasteiger partial charge is 0.252 e. The van der Waals surface area contributed by atoms with Gasteiger partial charge in [-0.2, -0.15) is 4.99 Å². The number of amides is 1. The minimum absolute atomic E-state index is 0.195. The van der Waals surface area contributed by atoms with Crippen molar-refractivity contribution >= 4 is 27.5 Å². The molecule has 0 bridgehead atoms. The normalized spacial score (nSPS) is 11.3. The Morgan fingerprint density at radius 1 is 1.11 bits per heavy atom. The van der Waals surface area contributed by atoms with Gasteiger partial charge in [0.25, 0.3) is 5.91 Å². The van der Waals surface area contributed by atoms with E-state index in [9.17, 15) is 4.79 Å². The molecule has 3 rings (SSSR count). The van der Waals surface area contributed by atoms with E-state index >= 15 is 0 Å². The Hall–Kier alpha value is -3.24. The molecule has 1 amide bonds. The predicted octanol–water partition coefficient (Wildman–Crippen LogP) is 3.03. The Bertz CT molecular complexity index is 1100. The number of carbonyl (C=O) groups is 1. The molecule has 6 nitrogen and oxygen atoms in total. The molecule has 1 aromatic heterocycles. The van der Waals surface area contributed by atoms with Crippen molar-refractivity contribution in [1.29, 1.82) is 0 Å². The van der Waals surface area contributed by atoms with Gasteiger partial charge < -0.3 is 18.8 Å². The molecule has 0 fully saturated rings. The number of rotatable bonds is 6. The quantitative estimate of drug-likeness (QED) is 0.601. The van der Waals surface area contributed by atoms with Gasteiger partial charge in [0.15, 0.2) is 16.3 Å². The molecular formula is C21H20N2O4S. The molecule has 0 radical (unpaired) electrons. The number of ether oxygens (including phenoxy) is 3. The van der Waals surface area contributed by atoms with Gasteiger partial charge in [0.2, 0.25) is 0 Å². The summed E-state index contributed by atoms with van der Waals surface area (Å²) in [7, 11) is 4.76. The molecule has 0 atom stereocenters. The number of benzene rings is 2. The first-order valence-electron chi connectivity index (χ1n) is 8.49. The van der Waals surface area contributed by atoms with Gasteiger partial charge in [-0.1, -0.05) is 29.4 Å². The number of nitrogens with zero attached hydrogens (tertiary/aromatic N) is 2. The largest absolute Gasteiger partial charge is 0.497 e. The summed E-state index contributed by atoms with van der Waals surface area (Å²) in [6.07, 6.45) is 5.72. The van der Waals surface area contributed by atoms with Crippen LogP contribution in [0.1, 0.15) is 5.56 Å². The second-order valence-corrected chi connectivity index (χ2v) is 6.89. The van der Waals surface area contributed by atoms with Crippen LogP contribution in [0.5, 0.6) is 17.2 Å². The lowest BCUT2D eigenvalue weighted by atomic mass is 10.1. The summed E-state index contributed by atoms with van der Waals surface area (Å²) in [6.45, 7) is 0.296. The molecule has 2 aromatic carbocycles. The number of hydrogen-bond acceptors (Lipinski definition) is 5. The van der Waals surface area contributed by atoms with Crippen molar-refractivity contribution in [3.05, 3.63) is 46.8 Å². The molecule has 0 aliphatic rings. The topological polar surface area (TPSA) is 62.1 Å². The molecule has 144 valence electrons. The molecule has 1 heterocycles. The Morgan fingerprint density at radius 3 is 2.39 bits per heavy atom. The summed E-state index contributed by atoms with van der Waals surface area (Å²) >= 11 is 1.38. The first kappa shape index (κ1) is 19.5. The minimum atomic E-state index is -0.249. The molecular weight excluding hydrogens is 376 g/mol. The lowest BCUT2D eigenvalue weighted by molar-refractivity contribution is -0.117. The molecule has 0 unspecified atom stereocenters. The second-order valence-electron chi connectivity index (χ2n) is 5.88. The third kappa shape index (κ3) is 4.02. The van der Waals surface area contributed by atoms with Gasteiger partial charge >= 0.3 is 0 Å². The molecule has 3 aromatic rings. The van der Waals surface area contributed by atoms with E-state index in [1.54, 1.807) is 21.3 Å². The fourth-order valence-electron chi connectivity index (χ4n) is 2.79. The molecule has 28 heavy (non-hydrogen) atoms. The van der Waals surface area contributed by atoms with Crippen LogP contribution in [0, 0.1) is 12.3 Å². The van der Waals surface area contributed by atoms with E-state index in [1.807, 2.05) is 41.0 Å². The minimum Gasteiger partial charge on any atom is -0.497 e. The average Bonchev–Trinajstić information content (AvgIpc) is 3.03. The maximum atomic E-state index is 12.5. The first-order valence-corrected chi connectivity index (χ1v) is 9.30. The summed E-state index contributed by atoms with van der Waals surface area (Å²) in [5, 5.41) is 0. The molecule has 0 aliphatic heterocycles. The van der Waals surface area contributed by atoms with Crippen LogP contribution in [-0.2, 0) is 17.8 Å². The van der Waals surface area contributed by atoms with Crippen LogP contribution in [0.4, 0.5) is 0 Å². The highest BCUT2D eigenvalue weighted by Crippen LogP contribution is 2.33. The van der Waals surface area contributed by atoms with Crippen molar-refractivity contribution in [2.45, 2.75) is 13.0 Å². The number of fused-ring (bicyclic) bond motifs is 1. The van der Waals surface area contributed by atoms with E-state index < -0.39 is 0 Å². The van der Waals surface area contributed by atoms with Crippen LogP contribution in [0.2, 0.25) is 0 Å². The maximum Gasteiger partial charge on any atom is 0.252 e. The maximum absolute atomic E-state index is 12.5. The monoisotopic (exact) mass is 396 g/mol. The number of aromatic nitrogens is 1. The summed E-state index contributed by atoms with van der Waals surface area (Å²) in [6, 6.07) is 11.0. The third-order valence-electron chi connectivity index (χ3n) is 4.17. The summed E-state index contributed by atoms with van der Waals surface area (Å²) in [4.78, 5) is 17.4. The highest BCUT2D eigenvalue weighted by Gasteiger charge is 2.13. The van der Waals surface area contributed by atoms with Crippen LogP contribution in [0.25, 0.3) is 10.2 Å². The molecule has 0 saturated heterocycles. The molecule has 0 N–H and O–H groups in total. The van der Waals surface area contributed by atoms with Gasteiger partial charge in [-0.15, -0.1) is 6.42 Å². The molecule has 7 heteroatoms. The zero-order chi connectivity index (χ0) is 20.1. The van der Waals surface area contributed by atoms with E-state index in [0.717, 1.165) is 21.5 Å². The summed E-state index contributed by atoms with van der Waals surface area (Å²) in [5.41, 5.74) is 1.71. The number of terminal acetylenes is 1. The summed E-state index contributed by atoms with van der Waals surface area (Å²) < 4.78 is 18.6. The number of hydrogen-bond donors (Lipinski definition) is 0. The van der Waals surface area contributed by atoms with Crippen molar-refractivity contribution < 1.29 is 19.0 Å². The van der Waals surface area contributed by atoms with E-state index in [2.05, 4.69) is 10.9 Å². The molecule has 0 spiro atoms. The van der Waals surface area contributed by atoms with Crippen LogP contribution in [0.15, 0.2) is 41.4 Å². The Balaban J connectivity index is 2.01. The predicted molar refractivity (Wildman–Crippen MR) is 109 cm³/mol. The average molecular weight is 396 g/mol. The Morgan fingerprint density at radius 2 is 1.79 bits per heavy atom. The van der Waals surface area contributed by atoms with Crippen molar-refractivity contribution in [1.82, 2.24) is 4.57 Å². The van der Waals surface area contributed by atoms with Gasteiger partial charge in [-0.3, -0.25) is 4.79 Å². The highest BCUT2D eigenvalue weighted by atomic mass is 32.1. The SMILES string of the molecule is C#CCn1c(=NC(=O)Cc2ccc(OC)cc2)sc2cc(OC)c(OC)cc21. The second kappa shape index (κ2) is 8.63. The number of carbonyl (C=O) groups excluding carboxylic acids is 1. The Labute approximate surface area is 167 Å². The Kier molecular flexibility index (Phi) is 6.02. The van der Waals surface area contributed by atoms with Crippen LogP contribution in [-0.4, -0.2) is 31.8 Å². The van der Waals surface area contributed by atoms with Gasteiger partial charge in [0, 0.05) is 12.1 Å². The first-order chi connectivity index (χ1) is 13.6. The lowest BCUT2D eigenvalue weighted by Crippen LogP contribution is -2.17. The third-order valence-corrected chi connectivity index (χ3v) is 5.21. The van der Waals surface area contributed by atoms with Gasteiger partial charge in [0.1, 0.15) is 5.75 Å². The van der Waals surface area contributed by atoms with Crippen molar-refractivity contribution in [2.24, 2.45) is 4.99 Å². The van der Waals surface area contributed by atoms with E-state index in [4.69, 9.17) is 20.6 Å². The van der Waals surface area contributed by atoms with E-state index in [0.29, 0.717) is 22.8 Å². The van der Waals surface area contributed by atoms with Gasteiger partial charge in [-0.05, 0) is 17.7 Å². The zero-order valence-corrected chi connectivity index (χ0v) is 16.7. The standard InChI is InChI=1S/C21H20N2O4S/c1-5-10-23-16-12-17(26-3)18(27-4)13-19(16)28-21(23)22-20(24)11-14-6-8-15(25-2)9-7-14/h1,6-9,12-13H,10-11H2,2-4H3. The fourth-order valence-corrected chi connectivity index (χ4v) is 3.85. The van der Waals surface area contributed by atoms with E-state index in [-0.39, 0.29) is 12.3 Å². The van der Waals surface area contributed by atoms with Crippen LogP contribution < -0.4 is 19.0 Å².